The van der Waals surface area contributed by atoms with Crippen LogP contribution in [-0.4, -0.2) is 15.9 Å². The average molecular weight is 432 g/mol. The highest BCUT2D eigenvalue weighted by molar-refractivity contribution is 6.13. The van der Waals surface area contributed by atoms with Gasteiger partial charge in [0.25, 0.3) is 5.91 Å². The Labute approximate surface area is 190 Å². The highest BCUT2D eigenvalue weighted by Gasteiger charge is 2.11. The minimum absolute atomic E-state index is 0.159. The Morgan fingerprint density at radius 1 is 0.758 bits per heavy atom. The van der Waals surface area contributed by atoms with E-state index in [2.05, 4.69) is 20.6 Å². The number of para-hydroxylation sites is 2. The van der Waals surface area contributed by atoms with Crippen LogP contribution in [-0.2, 0) is 0 Å². The van der Waals surface area contributed by atoms with Crippen molar-refractivity contribution in [2.24, 2.45) is 0 Å². The van der Waals surface area contributed by atoms with Gasteiger partial charge in [-0.25, -0.2) is 4.98 Å². The normalized spacial score (nSPS) is 10.5. The Bertz CT molecular complexity index is 1410. The van der Waals surface area contributed by atoms with Crippen LogP contribution in [0.1, 0.15) is 10.4 Å². The number of hydrogen-bond acceptors (Lipinski definition) is 5. The quantitative estimate of drug-likeness (QED) is 0.324. The Morgan fingerprint density at radius 2 is 1.52 bits per heavy atom. The van der Waals surface area contributed by atoms with Gasteiger partial charge in [0.05, 0.1) is 0 Å². The van der Waals surface area contributed by atoms with Gasteiger partial charge in [-0.15, -0.1) is 0 Å². The number of amides is 1. The van der Waals surface area contributed by atoms with E-state index in [9.17, 15) is 4.79 Å². The molecular weight excluding hydrogens is 412 g/mol. The van der Waals surface area contributed by atoms with Gasteiger partial charge in [0.2, 0.25) is 11.8 Å². The summed E-state index contributed by atoms with van der Waals surface area (Å²) >= 11 is 0. The molecule has 6 heteroatoms. The summed E-state index contributed by atoms with van der Waals surface area (Å²) in [6, 6.07) is 32.0. The second-order valence-corrected chi connectivity index (χ2v) is 7.32. The zero-order valence-corrected chi connectivity index (χ0v) is 17.6. The molecule has 1 amide bonds. The fourth-order valence-corrected chi connectivity index (χ4v) is 3.47. The second-order valence-electron chi connectivity index (χ2n) is 7.32. The minimum atomic E-state index is -0.159. The highest BCUT2D eigenvalue weighted by Crippen LogP contribution is 2.28. The summed E-state index contributed by atoms with van der Waals surface area (Å²) in [6.07, 6.45) is 1.64. The molecule has 0 radical (unpaired) electrons. The smallest absolute Gasteiger partial charge is 0.256 e. The number of benzene rings is 4. The molecule has 0 aliphatic carbocycles. The van der Waals surface area contributed by atoms with Gasteiger partial charge in [0, 0.05) is 29.2 Å². The summed E-state index contributed by atoms with van der Waals surface area (Å²) in [5, 5.41) is 7.82. The summed E-state index contributed by atoms with van der Waals surface area (Å²) < 4.78 is 5.97. The van der Waals surface area contributed by atoms with Gasteiger partial charge < -0.3 is 15.4 Å². The van der Waals surface area contributed by atoms with Crippen LogP contribution < -0.4 is 15.4 Å². The number of carbonyl (C=O) groups excluding carboxylic acids is 1. The number of nitrogens with zero attached hydrogens (tertiary/aromatic N) is 2. The van der Waals surface area contributed by atoms with Gasteiger partial charge in [0.15, 0.2) is 0 Å². The van der Waals surface area contributed by atoms with Crippen molar-refractivity contribution in [1.82, 2.24) is 9.97 Å². The van der Waals surface area contributed by atoms with Crippen LogP contribution in [0, 0.1) is 0 Å². The van der Waals surface area contributed by atoms with Crippen LogP contribution in [0.5, 0.6) is 11.6 Å². The number of ether oxygens (including phenoxy) is 1. The molecule has 0 saturated carbocycles. The van der Waals surface area contributed by atoms with Crippen molar-refractivity contribution in [2.75, 3.05) is 10.6 Å². The van der Waals surface area contributed by atoms with Crippen LogP contribution in [0.4, 0.5) is 17.3 Å². The lowest BCUT2D eigenvalue weighted by atomic mass is 10.0. The first-order valence-corrected chi connectivity index (χ1v) is 10.5. The summed E-state index contributed by atoms with van der Waals surface area (Å²) in [4.78, 5) is 21.5. The summed E-state index contributed by atoms with van der Waals surface area (Å²) in [7, 11) is 0. The Kier molecular flexibility index (Phi) is 5.63. The molecule has 1 aromatic heterocycles. The first-order valence-electron chi connectivity index (χ1n) is 10.5. The van der Waals surface area contributed by atoms with E-state index in [1.165, 1.54) is 0 Å². The first kappa shape index (κ1) is 20.2. The number of aromatic nitrogens is 2. The topological polar surface area (TPSA) is 76.1 Å². The van der Waals surface area contributed by atoms with E-state index >= 15 is 0 Å². The third-order valence-corrected chi connectivity index (χ3v) is 5.01. The van der Waals surface area contributed by atoms with Gasteiger partial charge in [-0.2, -0.15) is 4.98 Å². The maximum Gasteiger partial charge on any atom is 0.256 e. The number of carbonyl (C=O) groups is 1. The van der Waals surface area contributed by atoms with Crippen molar-refractivity contribution < 1.29 is 9.53 Å². The Balaban J connectivity index is 1.36. The van der Waals surface area contributed by atoms with Gasteiger partial charge in [-0.1, -0.05) is 48.5 Å². The van der Waals surface area contributed by atoms with Crippen LogP contribution in [0.25, 0.3) is 10.8 Å². The molecule has 0 bridgehead atoms. The lowest BCUT2D eigenvalue weighted by molar-refractivity contribution is 0.102. The second kappa shape index (κ2) is 9.20. The monoisotopic (exact) mass is 432 g/mol. The van der Waals surface area contributed by atoms with E-state index in [0.29, 0.717) is 23.1 Å². The third-order valence-electron chi connectivity index (χ3n) is 5.01. The van der Waals surface area contributed by atoms with Crippen molar-refractivity contribution >= 4 is 34.0 Å². The minimum Gasteiger partial charge on any atom is -0.439 e. The molecule has 2 N–H and O–H groups in total. The molecule has 160 valence electrons. The van der Waals surface area contributed by atoms with Crippen molar-refractivity contribution in [2.45, 2.75) is 0 Å². The Hall–Kier alpha value is -4.71. The number of anilines is 3. The van der Waals surface area contributed by atoms with Crippen molar-refractivity contribution in [1.29, 1.82) is 0 Å². The number of hydrogen-bond donors (Lipinski definition) is 2. The zero-order valence-electron chi connectivity index (χ0n) is 17.6. The molecule has 5 aromatic rings. The van der Waals surface area contributed by atoms with Gasteiger partial charge >= 0.3 is 0 Å². The summed E-state index contributed by atoms with van der Waals surface area (Å²) in [6.45, 7) is 0. The van der Waals surface area contributed by atoms with Crippen LogP contribution in [0.15, 0.2) is 109 Å². The number of fused-ring (bicyclic) bond motifs is 1. The molecule has 33 heavy (non-hydrogen) atoms. The zero-order chi connectivity index (χ0) is 22.5. The maximum absolute atomic E-state index is 12.8. The van der Waals surface area contributed by atoms with E-state index in [0.717, 1.165) is 22.1 Å². The lowest BCUT2D eigenvalue weighted by Gasteiger charge is -2.11. The van der Waals surface area contributed by atoms with Gasteiger partial charge in [0.1, 0.15) is 5.75 Å². The standard InChI is InChI=1S/C27H20N4O2/c32-26(29-20-9-3-1-4-10-20)24-13-7-8-19-18-22(14-15-23(19)24)33-25-16-17-28-27(31-25)30-21-11-5-2-6-12-21/h1-18H,(H,29,32)(H,28,30,31). The predicted molar refractivity (Wildman–Crippen MR) is 130 cm³/mol. The molecule has 6 nitrogen and oxygen atoms in total. The molecule has 0 spiro atoms. The molecule has 1 heterocycles. The molecule has 5 rings (SSSR count). The maximum atomic E-state index is 12.8. The average Bonchev–Trinajstić information content (AvgIpc) is 2.85. The SMILES string of the molecule is O=C(Nc1ccccc1)c1cccc2cc(Oc3ccnc(Nc4ccccc4)n3)ccc12. The lowest BCUT2D eigenvalue weighted by Crippen LogP contribution is -2.12. The molecule has 4 aromatic carbocycles. The molecule has 0 unspecified atom stereocenters. The molecule has 0 fully saturated rings. The Morgan fingerprint density at radius 3 is 2.30 bits per heavy atom. The van der Waals surface area contributed by atoms with E-state index in [4.69, 9.17) is 4.74 Å². The van der Waals surface area contributed by atoms with Crippen LogP contribution in [0.3, 0.4) is 0 Å². The number of rotatable bonds is 6. The van der Waals surface area contributed by atoms with Crippen LogP contribution >= 0.6 is 0 Å². The molecule has 0 atom stereocenters. The molecular formula is C27H20N4O2. The van der Waals surface area contributed by atoms with Crippen LogP contribution in [0.2, 0.25) is 0 Å². The van der Waals surface area contributed by atoms with E-state index in [-0.39, 0.29) is 5.91 Å². The first-order chi connectivity index (χ1) is 16.2. The van der Waals surface area contributed by atoms with Gasteiger partial charge in [-0.3, -0.25) is 4.79 Å². The van der Waals surface area contributed by atoms with Gasteiger partial charge in [-0.05, 0) is 59.3 Å². The van der Waals surface area contributed by atoms with E-state index in [1.807, 2.05) is 97.1 Å². The third kappa shape index (κ3) is 4.80. The summed E-state index contributed by atoms with van der Waals surface area (Å²) in [5.74, 6) is 1.32. The molecule has 0 saturated heterocycles. The van der Waals surface area contributed by atoms with Crippen molar-refractivity contribution in [3.8, 4) is 11.6 Å². The van der Waals surface area contributed by atoms with Crippen molar-refractivity contribution in [3.63, 3.8) is 0 Å². The fourth-order valence-electron chi connectivity index (χ4n) is 3.47. The van der Waals surface area contributed by atoms with E-state index in [1.54, 1.807) is 12.3 Å². The van der Waals surface area contributed by atoms with E-state index < -0.39 is 0 Å². The molecule has 0 aliphatic rings. The largest absolute Gasteiger partial charge is 0.439 e. The number of nitrogens with one attached hydrogen (secondary N) is 2. The summed E-state index contributed by atoms with van der Waals surface area (Å²) in [5.41, 5.74) is 2.24. The fraction of sp³-hybridized carbons (Fsp3) is 0. The van der Waals surface area contributed by atoms with Crippen molar-refractivity contribution in [3.05, 3.63) is 115 Å². The predicted octanol–water partition coefficient (Wildman–Crippen LogP) is 6.42. The highest BCUT2D eigenvalue weighted by atomic mass is 16.5. The molecule has 0 aliphatic heterocycles.